The van der Waals surface area contributed by atoms with Crippen molar-refractivity contribution in [3.8, 4) is 33.3 Å². The van der Waals surface area contributed by atoms with E-state index in [1.165, 1.54) is 17.4 Å². The maximum Gasteiger partial charge on any atom is 0.270 e. The normalized spacial score (nSPS) is 11.3. The Morgan fingerprint density at radius 3 is 2.53 bits per heavy atom. The summed E-state index contributed by atoms with van der Waals surface area (Å²) >= 11 is 1.45. The summed E-state index contributed by atoms with van der Waals surface area (Å²) in [5, 5.41) is 25.2. The molecule has 5 aromatic rings. The second-order valence-corrected chi connectivity index (χ2v) is 7.92. The van der Waals surface area contributed by atoms with Crippen molar-refractivity contribution in [3.63, 3.8) is 0 Å². The third-order valence-corrected chi connectivity index (χ3v) is 5.88. The third-order valence-electron chi connectivity index (χ3n) is 4.96. The van der Waals surface area contributed by atoms with Crippen LogP contribution in [-0.2, 0) is 7.05 Å². The molecule has 0 radical (unpaired) electrons. The average molecular weight is 416 g/mol. The van der Waals surface area contributed by atoms with Crippen LogP contribution in [0.25, 0.3) is 38.3 Å². The van der Waals surface area contributed by atoms with Gasteiger partial charge in [0.1, 0.15) is 0 Å². The molecule has 2 aromatic carbocycles. The first-order chi connectivity index (χ1) is 14.5. The van der Waals surface area contributed by atoms with Crippen molar-refractivity contribution in [1.82, 2.24) is 24.4 Å². The third kappa shape index (κ3) is 2.96. The van der Waals surface area contributed by atoms with Gasteiger partial charge >= 0.3 is 0 Å². The molecule has 9 heteroatoms. The van der Waals surface area contributed by atoms with Gasteiger partial charge in [-0.05, 0) is 25.1 Å². The summed E-state index contributed by atoms with van der Waals surface area (Å²) in [7, 11) is 1.92. The van der Waals surface area contributed by atoms with Gasteiger partial charge in [0.2, 0.25) is 4.96 Å². The minimum Gasteiger partial charge on any atom is -0.342 e. The summed E-state index contributed by atoms with van der Waals surface area (Å²) in [4.78, 5) is 11.4. The molecule has 5 rings (SSSR count). The standard InChI is InChI=1S/C21H16N6O2S/c1-13-5-3-7-15(11-13)19-22-23-21-26(19)24-20(30-21)18-10-9-17(25(18)2)14-6-4-8-16(12-14)27(28)29/h3-12H,1-2H3. The SMILES string of the molecule is Cc1cccc(-c2nnc3sc(-c4ccc(-c5cccc([N+](=O)[O-])c5)n4C)nn23)c1. The number of hydrogen-bond acceptors (Lipinski definition) is 6. The zero-order valence-corrected chi connectivity index (χ0v) is 17.0. The Bertz CT molecular complexity index is 1410. The highest BCUT2D eigenvalue weighted by atomic mass is 32.1. The molecule has 0 N–H and O–H groups in total. The van der Waals surface area contributed by atoms with Gasteiger partial charge in [-0.3, -0.25) is 10.1 Å². The van der Waals surface area contributed by atoms with Crippen molar-refractivity contribution in [3.05, 3.63) is 76.3 Å². The number of nitro benzene ring substituents is 1. The number of aryl methyl sites for hydroxylation is 1. The molecule has 0 aliphatic rings. The van der Waals surface area contributed by atoms with Crippen LogP contribution in [0.4, 0.5) is 5.69 Å². The molecule has 0 atom stereocenters. The first kappa shape index (κ1) is 18.2. The summed E-state index contributed by atoms with van der Waals surface area (Å²) in [5.74, 6) is 0.698. The van der Waals surface area contributed by atoms with Crippen LogP contribution >= 0.6 is 11.3 Å². The Kier molecular flexibility index (Phi) is 4.18. The molecule has 3 aromatic heterocycles. The molecule has 0 aliphatic heterocycles. The Morgan fingerprint density at radius 1 is 0.967 bits per heavy atom. The first-order valence-electron chi connectivity index (χ1n) is 9.21. The molecule has 0 saturated heterocycles. The highest BCUT2D eigenvalue weighted by molar-refractivity contribution is 7.19. The fraction of sp³-hybridized carbons (Fsp3) is 0.0952. The molecule has 3 heterocycles. The van der Waals surface area contributed by atoms with Gasteiger partial charge in [0, 0.05) is 36.0 Å². The fourth-order valence-corrected chi connectivity index (χ4v) is 4.38. The van der Waals surface area contributed by atoms with Crippen LogP contribution < -0.4 is 0 Å². The molecule has 0 amide bonds. The molecule has 0 unspecified atom stereocenters. The van der Waals surface area contributed by atoms with Crippen LogP contribution in [0.3, 0.4) is 0 Å². The van der Waals surface area contributed by atoms with Crippen LogP contribution in [0.2, 0.25) is 0 Å². The number of aromatic nitrogens is 5. The molecule has 0 saturated carbocycles. The van der Waals surface area contributed by atoms with E-state index in [1.807, 2.05) is 54.9 Å². The summed E-state index contributed by atoms with van der Waals surface area (Å²) in [5.41, 5.74) is 4.73. The number of nitrogens with zero attached hydrogens (tertiary/aromatic N) is 6. The van der Waals surface area contributed by atoms with Crippen LogP contribution in [-0.4, -0.2) is 29.3 Å². The molecule has 0 aliphatic carbocycles. The van der Waals surface area contributed by atoms with E-state index in [0.29, 0.717) is 10.8 Å². The van der Waals surface area contributed by atoms with Gasteiger partial charge in [-0.15, -0.1) is 10.2 Å². The number of fused-ring (bicyclic) bond motifs is 1. The van der Waals surface area contributed by atoms with E-state index in [9.17, 15) is 10.1 Å². The zero-order valence-electron chi connectivity index (χ0n) is 16.2. The molecular formula is C21H16N6O2S. The number of hydrogen-bond donors (Lipinski definition) is 0. The van der Waals surface area contributed by atoms with Gasteiger partial charge in [0.25, 0.3) is 5.69 Å². The predicted molar refractivity (Wildman–Crippen MR) is 115 cm³/mol. The minimum absolute atomic E-state index is 0.0665. The van der Waals surface area contributed by atoms with Crippen LogP contribution in [0.5, 0.6) is 0 Å². The van der Waals surface area contributed by atoms with Crippen molar-refractivity contribution < 1.29 is 4.92 Å². The van der Waals surface area contributed by atoms with Gasteiger partial charge in [0.05, 0.1) is 10.6 Å². The highest BCUT2D eigenvalue weighted by Crippen LogP contribution is 2.32. The van der Waals surface area contributed by atoms with Gasteiger partial charge in [-0.25, -0.2) is 0 Å². The monoisotopic (exact) mass is 416 g/mol. The Balaban J connectivity index is 1.57. The van der Waals surface area contributed by atoms with E-state index in [1.54, 1.807) is 16.6 Å². The molecule has 0 fully saturated rings. The lowest BCUT2D eigenvalue weighted by atomic mass is 10.1. The maximum atomic E-state index is 11.1. The van der Waals surface area contributed by atoms with Gasteiger partial charge in [-0.1, -0.05) is 47.2 Å². The van der Waals surface area contributed by atoms with E-state index in [2.05, 4.69) is 16.3 Å². The molecular weight excluding hydrogens is 400 g/mol. The maximum absolute atomic E-state index is 11.1. The quantitative estimate of drug-likeness (QED) is 0.312. The molecule has 0 spiro atoms. The van der Waals surface area contributed by atoms with E-state index >= 15 is 0 Å². The Morgan fingerprint density at radius 2 is 1.73 bits per heavy atom. The Labute approximate surface area is 175 Å². The van der Waals surface area contributed by atoms with Crippen LogP contribution in [0, 0.1) is 17.0 Å². The summed E-state index contributed by atoms with van der Waals surface area (Å²) < 4.78 is 3.74. The van der Waals surface area contributed by atoms with Crippen LogP contribution in [0.1, 0.15) is 5.56 Å². The largest absolute Gasteiger partial charge is 0.342 e. The van der Waals surface area contributed by atoms with Gasteiger partial charge in [0.15, 0.2) is 10.8 Å². The summed E-state index contributed by atoms with van der Waals surface area (Å²) in [6.07, 6.45) is 0. The summed E-state index contributed by atoms with van der Waals surface area (Å²) in [6, 6.07) is 18.6. The molecule has 148 valence electrons. The molecule has 0 bridgehead atoms. The van der Waals surface area contributed by atoms with E-state index in [-0.39, 0.29) is 10.6 Å². The molecule has 8 nitrogen and oxygen atoms in total. The number of non-ortho nitro benzene ring substituents is 1. The number of nitro groups is 1. The number of rotatable bonds is 4. The van der Waals surface area contributed by atoms with Crippen molar-refractivity contribution in [2.24, 2.45) is 7.05 Å². The smallest absolute Gasteiger partial charge is 0.270 e. The second kappa shape index (κ2) is 6.89. The van der Waals surface area contributed by atoms with Gasteiger partial charge < -0.3 is 4.57 Å². The lowest BCUT2D eigenvalue weighted by Crippen LogP contribution is -1.96. The Hall–Kier alpha value is -3.85. The van der Waals surface area contributed by atoms with Crippen molar-refractivity contribution in [1.29, 1.82) is 0 Å². The lowest BCUT2D eigenvalue weighted by Gasteiger charge is -2.06. The number of benzene rings is 2. The lowest BCUT2D eigenvalue weighted by molar-refractivity contribution is -0.384. The fourth-order valence-electron chi connectivity index (χ4n) is 3.48. The van der Waals surface area contributed by atoms with Crippen molar-refractivity contribution in [2.45, 2.75) is 6.92 Å². The first-order valence-corrected chi connectivity index (χ1v) is 10.0. The minimum atomic E-state index is -0.386. The molecule has 30 heavy (non-hydrogen) atoms. The van der Waals surface area contributed by atoms with E-state index in [4.69, 9.17) is 5.10 Å². The predicted octanol–water partition coefficient (Wildman–Crippen LogP) is 4.74. The average Bonchev–Trinajstić information content (AvgIpc) is 3.41. The summed E-state index contributed by atoms with van der Waals surface area (Å²) in [6.45, 7) is 2.04. The highest BCUT2D eigenvalue weighted by Gasteiger charge is 2.18. The van der Waals surface area contributed by atoms with Crippen molar-refractivity contribution >= 4 is 22.0 Å². The van der Waals surface area contributed by atoms with Crippen LogP contribution in [0.15, 0.2) is 60.7 Å². The van der Waals surface area contributed by atoms with E-state index in [0.717, 1.165) is 33.1 Å². The topological polar surface area (TPSA) is 91.1 Å². The second-order valence-electron chi connectivity index (χ2n) is 6.96. The van der Waals surface area contributed by atoms with Gasteiger partial charge in [-0.2, -0.15) is 9.61 Å². The van der Waals surface area contributed by atoms with E-state index < -0.39 is 0 Å². The van der Waals surface area contributed by atoms with Crippen molar-refractivity contribution in [2.75, 3.05) is 0 Å². The zero-order chi connectivity index (χ0) is 20.8.